The first-order chi connectivity index (χ1) is 8.30. The van der Waals surface area contributed by atoms with Crippen LogP contribution in [0, 0.1) is 6.92 Å². The van der Waals surface area contributed by atoms with E-state index in [1.807, 2.05) is 0 Å². The Labute approximate surface area is 114 Å². The number of aryl methyl sites for hydroxylation is 1. The van der Waals surface area contributed by atoms with Gasteiger partial charge < -0.3 is 5.11 Å². The molecule has 1 aromatic heterocycles. The van der Waals surface area contributed by atoms with E-state index in [-0.39, 0.29) is 18.6 Å². The Hall–Kier alpha value is -1.15. The summed E-state index contributed by atoms with van der Waals surface area (Å²) < 4.78 is 26.3. The number of pyridine rings is 1. The molecule has 0 fully saturated rings. The fraction of sp³-hybridized carbons (Fsp3) is 0.400. The second-order valence-electron chi connectivity index (χ2n) is 3.75. The van der Waals surface area contributed by atoms with Gasteiger partial charge in [-0.05, 0) is 40.9 Å². The highest BCUT2D eigenvalue weighted by atomic mass is 79.9. The van der Waals surface area contributed by atoms with Crippen LogP contribution in [0.4, 0.5) is 5.69 Å². The van der Waals surface area contributed by atoms with E-state index < -0.39 is 16.0 Å². The lowest BCUT2D eigenvalue weighted by Gasteiger charge is -2.08. The summed E-state index contributed by atoms with van der Waals surface area (Å²) in [7, 11) is -3.53. The van der Waals surface area contributed by atoms with Gasteiger partial charge in [0.25, 0.3) is 0 Å². The molecule has 0 saturated carbocycles. The molecule has 0 aliphatic heterocycles. The van der Waals surface area contributed by atoms with Gasteiger partial charge in [-0.1, -0.05) is 0 Å². The monoisotopic (exact) mass is 336 g/mol. The van der Waals surface area contributed by atoms with E-state index >= 15 is 0 Å². The zero-order valence-electron chi connectivity index (χ0n) is 9.68. The zero-order chi connectivity index (χ0) is 13.8. The van der Waals surface area contributed by atoms with E-state index in [1.165, 1.54) is 6.20 Å². The molecule has 0 aliphatic carbocycles. The molecule has 0 amide bonds. The molecule has 0 aliphatic rings. The molecule has 1 aromatic rings. The average Bonchev–Trinajstić information content (AvgIpc) is 2.22. The molecule has 0 aromatic carbocycles. The number of aromatic nitrogens is 1. The van der Waals surface area contributed by atoms with Crippen LogP contribution in [0.3, 0.4) is 0 Å². The van der Waals surface area contributed by atoms with Crippen molar-refractivity contribution in [2.75, 3.05) is 10.5 Å². The highest BCUT2D eigenvalue weighted by Crippen LogP contribution is 2.17. The van der Waals surface area contributed by atoms with Gasteiger partial charge in [0.05, 0.1) is 17.6 Å². The van der Waals surface area contributed by atoms with Crippen molar-refractivity contribution in [3.63, 3.8) is 0 Å². The largest absolute Gasteiger partial charge is 0.481 e. The molecule has 8 heteroatoms. The molecule has 6 nitrogen and oxygen atoms in total. The minimum atomic E-state index is -3.53. The average molecular weight is 337 g/mol. The number of rotatable bonds is 6. The Kier molecular flexibility index (Phi) is 5.09. The summed E-state index contributed by atoms with van der Waals surface area (Å²) in [6, 6.07) is 1.64. The van der Waals surface area contributed by atoms with Crippen LogP contribution in [-0.2, 0) is 14.8 Å². The normalized spacial score (nSPS) is 11.2. The maximum atomic E-state index is 11.6. The van der Waals surface area contributed by atoms with Crippen LogP contribution in [0.1, 0.15) is 18.4 Å². The Bertz CT molecular complexity index is 545. The molecule has 0 atom stereocenters. The lowest BCUT2D eigenvalue weighted by atomic mass is 10.3. The number of carboxylic acids is 1. The summed E-state index contributed by atoms with van der Waals surface area (Å²) in [6.07, 6.45) is 1.30. The van der Waals surface area contributed by atoms with Crippen molar-refractivity contribution in [2.45, 2.75) is 19.8 Å². The van der Waals surface area contributed by atoms with Crippen LogP contribution in [0.15, 0.2) is 16.9 Å². The third kappa shape index (κ3) is 5.01. The lowest BCUT2D eigenvalue weighted by Crippen LogP contribution is -2.17. The number of anilines is 1. The molecule has 1 rings (SSSR count). The number of hydrogen-bond acceptors (Lipinski definition) is 4. The third-order valence-corrected chi connectivity index (χ3v) is 4.29. The minimum absolute atomic E-state index is 0.0770. The molecule has 0 radical (unpaired) electrons. The molecule has 0 spiro atoms. The second kappa shape index (κ2) is 6.14. The van der Waals surface area contributed by atoms with Gasteiger partial charge in [0.2, 0.25) is 10.0 Å². The number of halogens is 1. The van der Waals surface area contributed by atoms with Crippen molar-refractivity contribution in [1.29, 1.82) is 0 Å². The van der Waals surface area contributed by atoms with Crippen molar-refractivity contribution >= 4 is 37.6 Å². The minimum Gasteiger partial charge on any atom is -0.481 e. The first kappa shape index (κ1) is 14.9. The van der Waals surface area contributed by atoms with Gasteiger partial charge in [0.15, 0.2) is 0 Å². The summed E-state index contributed by atoms with van der Waals surface area (Å²) in [5, 5.41) is 8.44. The van der Waals surface area contributed by atoms with Crippen LogP contribution in [0.25, 0.3) is 0 Å². The Morgan fingerprint density at radius 2 is 2.22 bits per heavy atom. The van der Waals surface area contributed by atoms with Gasteiger partial charge in [-0.25, -0.2) is 13.4 Å². The van der Waals surface area contributed by atoms with Gasteiger partial charge >= 0.3 is 5.97 Å². The van der Waals surface area contributed by atoms with Gasteiger partial charge in [-0.15, -0.1) is 0 Å². The van der Waals surface area contributed by atoms with Crippen molar-refractivity contribution in [1.82, 2.24) is 4.98 Å². The fourth-order valence-electron chi connectivity index (χ4n) is 1.26. The number of aliphatic carboxylic acids is 1. The number of nitrogens with one attached hydrogen (secondary N) is 1. The van der Waals surface area contributed by atoms with Gasteiger partial charge in [0, 0.05) is 6.42 Å². The molecule has 0 saturated heterocycles. The number of carboxylic acid groups (broad SMARTS) is 1. The molecule has 18 heavy (non-hydrogen) atoms. The number of nitrogens with zero attached hydrogens (tertiary/aromatic N) is 1. The summed E-state index contributed by atoms with van der Waals surface area (Å²) in [4.78, 5) is 14.3. The van der Waals surface area contributed by atoms with E-state index in [2.05, 4.69) is 25.6 Å². The number of carbonyl (C=O) groups is 1. The number of hydrogen-bond donors (Lipinski definition) is 2. The molecule has 2 N–H and O–H groups in total. The smallest absolute Gasteiger partial charge is 0.303 e. The van der Waals surface area contributed by atoms with E-state index in [1.54, 1.807) is 13.0 Å². The Morgan fingerprint density at radius 1 is 1.56 bits per heavy atom. The molecule has 0 bridgehead atoms. The Balaban J connectivity index is 2.64. The van der Waals surface area contributed by atoms with E-state index in [9.17, 15) is 13.2 Å². The molecular weight excluding hydrogens is 324 g/mol. The first-order valence-electron chi connectivity index (χ1n) is 5.14. The molecule has 1 heterocycles. The third-order valence-electron chi connectivity index (χ3n) is 2.09. The predicted molar refractivity (Wildman–Crippen MR) is 71.0 cm³/mol. The summed E-state index contributed by atoms with van der Waals surface area (Å²) in [6.45, 7) is 1.79. The van der Waals surface area contributed by atoms with Crippen LogP contribution in [0.5, 0.6) is 0 Å². The highest BCUT2D eigenvalue weighted by molar-refractivity contribution is 9.10. The Morgan fingerprint density at radius 3 is 2.78 bits per heavy atom. The van der Waals surface area contributed by atoms with Crippen LogP contribution in [-0.4, -0.2) is 30.2 Å². The van der Waals surface area contributed by atoms with Crippen LogP contribution in [0.2, 0.25) is 0 Å². The fourth-order valence-corrected chi connectivity index (χ4v) is 2.57. The topological polar surface area (TPSA) is 96.4 Å². The van der Waals surface area contributed by atoms with E-state index in [0.29, 0.717) is 10.3 Å². The van der Waals surface area contributed by atoms with E-state index in [0.717, 1.165) is 5.56 Å². The van der Waals surface area contributed by atoms with Crippen LogP contribution < -0.4 is 4.72 Å². The molecule has 0 unspecified atom stereocenters. The second-order valence-corrected chi connectivity index (χ2v) is 6.34. The molecular formula is C10H13BrN2O4S. The summed E-state index contributed by atoms with van der Waals surface area (Å²) >= 11 is 3.21. The van der Waals surface area contributed by atoms with Crippen molar-refractivity contribution < 1.29 is 18.3 Å². The van der Waals surface area contributed by atoms with Crippen molar-refractivity contribution in [2.24, 2.45) is 0 Å². The standard InChI is InChI=1S/C10H13BrN2O4S/c1-7-5-8(6-12-10(7)11)13-18(16,17)4-2-3-9(14)15/h5-6,13H,2-4H2,1H3,(H,14,15). The zero-order valence-corrected chi connectivity index (χ0v) is 12.1. The summed E-state index contributed by atoms with van der Waals surface area (Å²) in [5.74, 6) is -1.24. The predicted octanol–water partition coefficient (Wildman–Crippen LogP) is 1.76. The SMILES string of the molecule is Cc1cc(NS(=O)(=O)CCCC(=O)O)cnc1Br. The maximum Gasteiger partial charge on any atom is 0.303 e. The van der Waals surface area contributed by atoms with Gasteiger partial charge in [-0.2, -0.15) is 0 Å². The lowest BCUT2D eigenvalue weighted by molar-refractivity contribution is -0.137. The van der Waals surface area contributed by atoms with Gasteiger partial charge in [-0.3, -0.25) is 9.52 Å². The summed E-state index contributed by atoms with van der Waals surface area (Å²) in [5.41, 5.74) is 1.17. The maximum absolute atomic E-state index is 11.6. The van der Waals surface area contributed by atoms with Gasteiger partial charge in [0.1, 0.15) is 4.60 Å². The quantitative estimate of drug-likeness (QED) is 0.771. The van der Waals surface area contributed by atoms with E-state index in [4.69, 9.17) is 5.11 Å². The van der Waals surface area contributed by atoms with Crippen LogP contribution >= 0.6 is 15.9 Å². The van der Waals surface area contributed by atoms with Crippen molar-refractivity contribution in [3.05, 3.63) is 22.4 Å². The number of sulfonamides is 1. The highest BCUT2D eigenvalue weighted by Gasteiger charge is 2.12. The van der Waals surface area contributed by atoms with Crippen molar-refractivity contribution in [3.8, 4) is 0 Å². The molecule has 100 valence electrons. The first-order valence-corrected chi connectivity index (χ1v) is 7.59.